The molecule has 0 bridgehead atoms. The summed E-state index contributed by atoms with van der Waals surface area (Å²) in [6.07, 6.45) is 6.99. The van der Waals surface area contributed by atoms with Crippen LogP contribution in [-0.2, 0) is 20.8 Å². The van der Waals surface area contributed by atoms with Gasteiger partial charge in [-0.3, -0.25) is 9.59 Å². The standard InChI is InChI=1S/C42H44N4O7/c1-27-3-5-30(6-4-27)36-23-46(22-28-13-15-50-16-14-28)24-37(40(36)47)42(48)45-33-10-7-29(8-11-33)35-19-32(21-44-41(35)43)31-9-12-38(39(20-31)49-2)53-26-34-25-51-17-18-52-34/h3-12,19-21,23-24,28,34H,13-18,22,25-26H2,1-2H3,(H2,43,44)(H,45,48). The lowest BCUT2D eigenvalue weighted by atomic mass is 9.99. The molecule has 1 atom stereocenters. The molecule has 2 aliphatic rings. The Bertz CT molecular complexity index is 2100. The smallest absolute Gasteiger partial charge is 0.261 e. The van der Waals surface area contributed by atoms with Gasteiger partial charge in [0, 0.05) is 60.7 Å². The molecular formula is C42H44N4O7. The normalized spacial score (nSPS) is 16.2. The molecular weight excluding hydrogens is 672 g/mol. The second-order valence-corrected chi connectivity index (χ2v) is 13.5. The van der Waals surface area contributed by atoms with Crippen molar-refractivity contribution in [1.82, 2.24) is 9.55 Å². The highest BCUT2D eigenvalue weighted by atomic mass is 16.6. The number of aryl methyl sites for hydroxylation is 1. The number of nitrogen functional groups attached to an aromatic ring is 1. The third-order valence-corrected chi connectivity index (χ3v) is 9.68. The van der Waals surface area contributed by atoms with Crippen LogP contribution < -0.4 is 26.0 Å². The second kappa shape index (κ2) is 16.5. The summed E-state index contributed by atoms with van der Waals surface area (Å²) in [6, 6.07) is 22.8. The number of benzene rings is 3. The van der Waals surface area contributed by atoms with Gasteiger partial charge in [0.1, 0.15) is 24.1 Å². The average molecular weight is 717 g/mol. The third kappa shape index (κ3) is 8.60. The fourth-order valence-corrected chi connectivity index (χ4v) is 6.64. The van der Waals surface area contributed by atoms with Crippen molar-refractivity contribution in [3.05, 3.63) is 113 Å². The molecule has 2 aromatic heterocycles. The van der Waals surface area contributed by atoms with Crippen LogP contribution in [-0.4, -0.2) is 68.3 Å². The van der Waals surface area contributed by atoms with Gasteiger partial charge < -0.3 is 39.3 Å². The van der Waals surface area contributed by atoms with Crippen molar-refractivity contribution < 1.29 is 28.5 Å². The highest BCUT2D eigenvalue weighted by Gasteiger charge is 2.21. The molecule has 3 aromatic carbocycles. The van der Waals surface area contributed by atoms with Crippen LogP contribution in [0.5, 0.6) is 11.5 Å². The zero-order chi connectivity index (χ0) is 36.7. The predicted octanol–water partition coefficient (Wildman–Crippen LogP) is 6.62. The minimum atomic E-state index is -0.471. The number of carbonyl (C=O) groups excluding carboxylic acids is 1. The van der Waals surface area contributed by atoms with Gasteiger partial charge in [0.2, 0.25) is 5.43 Å². The Labute approximate surface area is 308 Å². The summed E-state index contributed by atoms with van der Waals surface area (Å²) in [4.78, 5) is 32.0. The van der Waals surface area contributed by atoms with Crippen LogP contribution in [0.25, 0.3) is 33.4 Å². The third-order valence-electron chi connectivity index (χ3n) is 9.68. The summed E-state index contributed by atoms with van der Waals surface area (Å²) in [5.74, 6) is 1.48. The van der Waals surface area contributed by atoms with Gasteiger partial charge in [0.15, 0.2) is 11.5 Å². The number of hydrogen-bond donors (Lipinski definition) is 2. The van der Waals surface area contributed by atoms with Gasteiger partial charge in [-0.2, -0.15) is 0 Å². The zero-order valence-corrected chi connectivity index (χ0v) is 30.0. The van der Waals surface area contributed by atoms with Crippen LogP contribution in [0.1, 0.15) is 28.8 Å². The number of methoxy groups -OCH3 is 1. The van der Waals surface area contributed by atoms with E-state index < -0.39 is 5.91 Å². The number of pyridine rings is 2. The molecule has 3 N–H and O–H groups in total. The molecule has 2 aliphatic heterocycles. The number of rotatable bonds is 11. The number of ether oxygens (including phenoxy) is 5. The molecule has 0 spiro atoms. The Morgan fingerprint density at radius 3 is 2.34 bits per heavy atom. The van der Waals surface area contributed by atoms with Crippen LogP contribution in [0.3, 0.4) is 0 Å². The van der Waals surface area contributed by atoms with Crippen molar-refractivity contribution in [3.63, 3.8) is 0 Å². The first-order chi connectivity index (χ1) is 25.8. The molecule has 0 saturated carbocycles. The van der Waals surface area contributed by atoms with E-state index in [4.69, 9.17) is 29.4 Å². The average Bonchev–Trinajstić information content (AvgIpc) is 3.19. The quantitative estimate of drug-likeness (QED) is 0.155. The maximum absolute atomic E-state index is 13.8. The highest BCUT2D eigenvalue weighted by molar-refractivity contribution is 6.04. The van der Waals surface area contributed by atoms with Crippen molar-refractivity contribution in [3.8, 4) is 44.9 Å². The molecule has 2 fully saturated rings. The summed E-state index contributed by atoms with van der Waals surface area (Å²) in [6.45, 7) is 6.13. The minimum absolute atomic E-state index is 0.0866. The van der Waals surface area contributed by atoms with E-state index in [0.717, 1.165) is 59.4 Å². The summed E-state index contributed by atoms with van der Waals surface area (Å²) in [7, 11) is 1.60. The topological polar surface area (TPSA) is 136 Å². The fraction of sp³-hybridized carbons (Fsp3) is 0.310. The molecule has 0 radical (unpaired) electrons. The number of anilines is 2. The number of amides is 1. The lowest BCUT2D eigenvalue weighted by Crippen LogP contribution is -2.33. The van der Waals surface area contributed by atoms with Gasteiger partial charge in [-0.25, -0.2) is 4.98 Å². The van der Waals surface area contributed by atoms with E-state index in [0.29, 0.717) is 67.5 Å². The van der Waals surface area contributed by atoms with Gasteiger partial charge in [-0.1, -0.05) is 48.0 Å². The molecule has 53 heavy (non-hydrogen) atoms. The highest BCUT2D eigenvalue weighted by Crippen LogP contribution is 2.35. The lowest BCUT2D eigenvalue weighted by molar-refractivity contribution is -0.101. The summed E-state index contributed by atoms with van der Waals surface area (Å²) in [5.41, 5.74) is 12.3. The fourth-order valence-electron chi connectivity index (χ4n) is 6.64. The molecule has 11 nitrogen and oxygen atoms in total. The van der Waals surface area contributed by atoms with Crippen LogP contribution in [0.15, 0.2) is 96.2 Å². The molecule has 0 aliphatic carbocycles. The van der Waals surface area contributed by atoms with Crippen LogP contribution in [0.4, 0.5) is 11.5 Å². The zero-order valence-electron chi connectivity index (χ0n) is 30.0. The number of nitrogens with one attached hydrogen (secondary N) is 1. The first-order valence-electron chi connectivity index (χ1n) is 17.9. The number of carbonyl (C=O) groups is 1. The van der Waals surface area contributed by atoms with E-state index in [9.17, 15) is 9.59 Å². The Hall–Kier alpha value is -5.49. The van der Waals surface area contributed by atoms with Crippen LogP contribution in [0, 0.1) is 12.8 Å². The minimum Gasteiger partial charge on any atom is -0.493 e. The van der Waals surface area contributed by atoms with E-state index >= 15 is 0 Å². The molecule has 4 heterocycles. The Kier molecular flexibility index (Phi) is 11.1. The van der Waals surface area contributed by atoms with E-state index in [1.807, 2.05) is 78.4 Å². The molecule has 1 unspecified atom stereocenters. The molecule has 5 aromatic rings. The van der Waals surface area contributed by atoms with Crippen molar-refractivity contribution in [1.29, 1.82) is 0 Å². The van der Waals surface area contributed by atoms with Crippen molar-refractivity contribution in [2.24, 2.45) is 5.92 Å². The molecule has 274 valence electrons. The summed E-state index contributed by atoms with van der Waals surface area (Å²) < 4.78 is 30.3. The Morgan fingerprint density at radius 2 is 1.60 bits per heavy atom. The second-order valence-electron chi connectivity index (χ2n) is 13.5. The SMILES string of the molecule is COc1cc(-c2cnc(N)c(-c3ccc(NC(=O)c4cn(CC5CCOCC5)cc(-c5ccc(C)cc5)c4=O)cc3)c2)ccc1OCC1COCCO1. The van der Waals surface area contributed by atoms with Crippen molar-refractivity contribution in [2.45, 2.75) is 32.4 Å². The van der Waals surface area contributed by atoms with Gasteiger partial charge >= 0.3 is 0 Å². The monoisotopic (exact) mass is 716 g/mol. The van der Waals surface area contributed by atoms with Crippen molar-refractivity contribution in [2.75, 3.05) is 57.8 Å². The lowest BCUT2D eigenvalue weighted by Gasteiger charge is -2.23. The van der Waals surface area contributed by atoms with Crippen LogP contribution >= 0.6 is 0 Å². The van der Waals surface area contributed by atoms with Crippen LogP contribution in [0.2, 0.25) is 0 Å². The maximum atomic E-state index is 13.8. The van der Waals surface area contributed by atoms with E-state index in [1.54, 1.807) is 31.6 Å². The Morgan fingerprint density at radius 1 is 0.868 bits per heavy atom. The van der Waals surface area contributed by atoms with E-state index in [1.165, 1.54) is 0 Å². The van der Waals surface area contributed by atoms with Crippen molar-refractivity contribution >= 4 is 17.4 Å². The van der Waals surface area contributed by atoms with E-state index in [-0.39, 0.29) is 17.1 Å². The molecule has 1 amide bonds. The number of hydrogen-bond acceptors (Lipinski definition) is 9. The van der Waals surface area contributed by atoms with Gasteiger partial charge in [-0.05, 0) is 72.7 Å². The first kappa shape index (κ1) is 35.9. The first-order valence-corrected chi connectivity index (χ1v) is 17.9. The van der Waals surface area contributed by atoms with Gasteiger partial charge in [0.25, 0.3) is 5.91 Å². The Balaban J connectivity index is 1.09. The van der Waals surface area contributed by atoms with Gasteiger partial charge in [0.05, 0.1) is 26.9 Å². The van der Waals surface area contributed by atoms with Gasteiger partial charge in [-0.15, -0.1) is 0 Å². The maximum Gasteiger partial charge on any atom is 0.261 e. The molecule has 7 rings (SSSR count). The molecule has 11 heteroatoms. The summed E-state index contributed by atoms with van der Waals surface area (Å²) >= 11 is 0. The summed E-state index contributed by atoms with van der Waals surface area (Å²) in [5, 5.41) is 2.94. The number of nitrogens with zero attached hydrogens (tertiary/aromatic N) is 2. The number of aromatic nitrogens is 2. The number of nitrogens with two attached hydrogens (primary N) is 1. The van der Waals surface area contributed by atoms with E-state index in [2.05, 4.69) is 10.3 Å². The molecule has 2 saturated heterocycles. The largest absolute Gasteiger partial charge is 0.493 e. The predicted molar refractivity (Wildman–Crippen MR) is 204 cm³/mol.